The predicted octanol–water partition coefficient (Wildman–Crippen LogP) is 2.83. The van der Waals surface area contributed by atoms with Gasteiger partial charge in [0, 0.05) is 24.0 Å². The Morgan fingerprint density at radius 1 is 1.32 bits per heavy atom. The molecule has 0 saturated heterocycles. The molecule has 0 saturated carbocycles. The smallest absolute Gasteiger partial charge is 0.357 e. The topological polar surface area (TPSA) is 82.5 Å². The second-order valence-corrected chi connectivity index (χ2v) is 6.07. The third-order valence-corrected chi connectivity index (χ3v) is 4.24. The number of rotatable bonds is 6. The zero-order valence-electron chi connectivity index (χ0n) is 13.8. The highest BCUT2D eigenvalue weighted by molar-refractivity contribution is 7.14. The van der Waals surface area contributed by atoms with Gasteiger partial charge in [-0.25, -0.2) is 9.78 Å². The Hall–Kier alpha value is -2.87. The number of ether oxygens (including phenoxy) is 2. The van der Waals surface area contributed by atoms with Crippen LogP contribution in [0.25, 0.3) is 10.9 Å². The van der Waals surface area contributed by atoms with Crippen molar-refractivity contribution < 1.29 is 19.1 Å². The summed E-state index contributed by atoms with van der Waals surface area (Å²) in [6.07, 6.45) is 1.93. The number of amides is 1. The number of fused-ring (bicyclic) bond motifs is 1. The van der Waals surface area contributed by atoms with Crippen LogP contribution < -0.4 is 10.1 Å². The minimum absolute atomic E-state index is 0.150. The first-order valence-electron chi connectivity index (χ1n) is 7.68. The largest absolute Gasteiger partial charge is 0.483 e. The summed E-state index contributed by atoms with van der Waals surface area (Å²) < 4.78 is 12.5. The Labute approximate surface area is 148 Å². The van der Waals surface area contributed by atoms with Gasteiger partial charge in [0.05, 0.1) is 12.1 Å². The molecule has 25 heavy (non-hydrogen) atoms. The number of carbonyl (C=O) groups excluding carboxylic acids is 2. The van der Waals surface area contributed by atoms with Crippen LogP contribution in [0.1, 0.15) is 17.4 Å². The van der Waals surface area contributed by atoms with Crippen LogP contribution in [-0.2, 0) is 16.6 Å². The highest BCUT2D eigenvalue weighted by atomic mass is 32.1. The first kappa shape index (κ1) is 17.0. The number of thiazole rings is 1. The van der Waals surface area contributed by atoms with Gasteiger partial charge >= 0.3 is 5.97 Å². The summed E-state index contributed by atoms with van der Waals surface area (Å²) in [5.41, 5.74) is 1.20. The van der Waals surface area contributed by atoms with Crippen LogP contribution in [0.4, 0.5) is 5.13 Å². The molecule has 1 amide bonds. The van der Waals surface area contributed by atoms with Gasteiger partial charge in [-0.3, -0.25) is 10.1 Å². The Morgan fingerprint density at radius 2 is 2.16 bits per heavy atom. The first-order valence-corrected chi connectivity index (χ1v) is 8.55. The molecule has 1 aromatic carbocycles. The molecule has 3 aromatic rings. The molecule has 0 atom stereocenters. The number of anilines is 1. The van der Waals surface area contributed by atoms with Gasteiger partial charge in [0.15, 0.2) is 17.4 Å². The Bertz CT molecular complexity index is 916. The number of hydrogen-bond acceptors (Lipinski definition) is 6. The molecular weight excluding hydrogens is 342 g/mol. The van der Waals surface area contributed by atoms with Crippen LogP contribution in [0, 0.1) is 0 Å². The van der Waals surface area contributed by atoms with Crippen molar-refractivity contribution >= 4 is 39.2 Å². The summed E-state index contributed by atoms with van der Waals surface area (Å²) in [5, 5.41) is 5.42. The van der Waals surface area contributed by atoms with Crippen molar-refractivity contribution in [3.8, 4) is 5.75 Å². The molecule has 3 rings (SSSR count). The molecule has 0 unspecified atom stereocenters. The van der Waals surface area contributed by atoms with Crippen molar-refractivity contribution in [3.05, 3.63) is 41.5 Å². The van der Waals surface area contributed by atoms with Crippen molar-refractivity contribution in [1.82, 2.24) is 9.55 Å². The van der Waals surface area contributed by atoms with E-state index in [0.717, 1.165) is 22.2 Å². The van der Waals surface area contributed by atoms with E-state index in [4.69, 9.17) is 9.47 Å². The molecule has 0 spiro atoms. The molecule has 0 aliphatic carbocycles. The van der Waals surface area contributed by atoms with E-state index in [9.17, 15) is 9.59 Å². The molecule has 1 N–H and O–H groups in total. The van der Waals surface area contributed by atoms with Gasteiger partial charge in [-0.15, -0.1) is 11.3 Å². The number of nitrogens with zero attached hydrogens (tertiary/aromatic N) is 2. The van der Waals surface area contributed by atoms with Crippen LogP contribution >= 0.6 is 11.3 Å². The van der Waals surface area contributed by atoms with Crippen LogP contribution in [0.15, 0.2) is 35.8 Å². The van der Waals surface area contributed by atoms with Crippen molar-refractivity contribution in [2.75, 3.05) is 18.5 Å². The lowest BCUT2D eigenvalue weighted by Gasteiger charge is -2.07. The lowest BCUT2D eigenvalue weighted by molar-refractivity contribution is -0.118. The minimum atomic E-state index is -0.508. The van der Waals surface area contributed by atoms with Gasteiger partial charge in [0.1, 0.15) is 5.75 Å². The highest BCUT2D eigenvalue weighted by Crippen LogP contribution is 2.26. The lowest BCUT2D eigenvalue weighted by Crippen LogP contribution is -2.20. The second kappa shape index (κ2) is 7.35. The van der Waals surface area contributed by atoms with Crippen molar-refractivity contribution in [1.29, 1.82) is 0 Å². The summed E-state index contributed by atoms with van der Waals surface area (Å²) >= 11 is 1.16. The van der Waals surface area contributed by atoms with E-state index in [1.165, 1.54) is 0 Å². The predicted molar refractivity (Wildman–Crippen MR) is 95.1 cm³/mol. The molecular formula is C17H17N3O4S. The molecule has 2 heterocycles. The summed E-state index contributed by atoms with van der Waals surface area (Å²) in [6.45, 7) is 1.84. The number of nitrogens with one attached hydrogen (secondary N) is 1. The van der Waals surface area contributed by atoms with E-state index in [1.54, 1.807) is 12.3 Å². The first-order chi connectivity index (χ1) is 12.1. The van der Waals surface area contributed by atoms with Crippen molar-refractivity contribution in [2.24, 2.45) is 7.05 Å². The molecule has 0 radical (unpaired) electrons. The number of carbonyl (C=O) groups is 2. The van der Waals surface area contributed by atoms with Gasteiger partial charge in [-0.05, 0) is 25.1 Å². The standard InChI is InChI=1S/C17H17N3O4S/c1-3-23-16(22)12-10-25-17(18-12)19-15(21)9-24-14-6-4-5-13-11(14)7-8-20(13)2/h4-8,10H,3,9H2,1-2H3,(H,18,19,21). The van der Waals surface area contributed by atoms with Gasteiger partial charge in [-0.2, -0.15) is 0 Å². The summed E-state index contributed by atoms with van der Waals surface area (Å²) in [6, 6.07) is 7.61. The van der Waals surface area contributed by atoms with Crippen molar-refractivity contribution in [3.63, 3.8) is 0 Å². The third-order valence-electron chi connectivity index (χ3n) is 3.48. The zero-order chi connectivity index (χ0) is 17.8. The lowest BCUT2D eigenvalue weighted by atomic mass is 10.2. The minimum Gasteiger partial charge on any atom is -0.483 e. The number of hydrogen-bond donors (Lipinski definition) is 1. The molecule has 0 aliphatic heterocycles. The van der Waals surface area contributed by atoms with Crippen molar-refractivity contribution in [2.45, 2.75) is 6.92 Å². The molecule has 0 bridgehead atoms. The monoisotopic (exact) mass is 359 g/mol. The van der Waals surface area contributed by atoms with E-state index in [0.29, 0.717) is 10.9 Å². The highest BCUT2D eigenvalue weighted by Gasteiger charge is 2.14. The summed E-state index contributed by atoms with van der Waals surface area (Å²) in [5.74, 6) is -0.219. The molecule has 7 nitrogen and oxygen atoms in total. The van der Waals surface area contributed by atoms with E-state index < -0.39 is 5.97 Å². The van der Waals surface area contributed by atoms with E-state index >= 15 is 0 Å². The van der Waals surface area contributed by atoms with Gasteiger partial charge in [0.25, 0.3) is 5.91 Å². The molecule has 0 aliphatic rings. The third kappa shape index (κ3) is 3.80. The average Bonchev–Trinajstić information content (AvgIpc) is 3.21. The molecule has 8 heteroatoms. The van der Waals surface area contributed by atoms with Crippen LogP contribution in [0.3, 0.4) is 0 Å². The van der Waals surface area contributed by atoms with E-state index in [1.807, 2.05) is 42.1 Å². The second-order valence-electron chi connectivity index (χ2n) is 5.21. The van der Waals surface area contributed by atoms with Crippen LogP contribution in [0.2, 0.25) is 0 Å². The Balaban J connectivity index is 1.60. The Morgan fingerprint density at radius 3 is 2.96 bits per heavy atom. The number of aromatic nitrogens is 2. The number of esters is 1. The Kier molecular flexibility index (Phi) is 4.99. The fourth-order valence-corrected chi connectivity index (χ4v) is 3.02. The zero-order valence-corrected chi connectivity index (χ0v) is 14.6. The fourth-order valence-electron chi connectivity index (χ4n) is 2.33. The summed E-state index contributed by atoms with van der Waals surface area (Å²) in [7, 11) is 1.95. The molecule has 2 aromatic heterocycles. The van der Waals surface area contributed by atoms with E-state index in [2.05, 4.69) is 10.3 Å². The SMILES string of the molecule is CCOC(=O)c1csc(NC(=O)COc2cccc3c2ccn3C)n1. The molecule has 0 fully saturated rings. The molecule has 130 valence electrons. The maximum Gasteiger partial charge on any atom is 0.357 e. The van der Waals surface area contributed by atoms with Crippen LogP contribution in [0.5, 0.6) is 5.75 Å². The average molecular weight is 359 g/mol. The quantitative estimate of drug-likeness (QED) is 0.684. The van der Waals surface area contributed by atoms with E-state index in [-0.39, 0.29) is 24.8 Å². The number of benzene rings is 1. The fraction of sp³-hybridized carbons (Fsp3) is 0.235. The van der Waals surface area contributed by atoms with Gasteiger partial charge in [0.2, 0.25) is 0 Å². The number of aryl methyl sites for hydroxylation is 1. The van der Waals surface area contributed by atoms with Gasteiger partial charge < -0.3 is 14.0 Å². The van der Waals surface area contributed by atoms with Crippen LogP contribution in [-0.4, -0.2) is 34.6 Å². The maximum absolute atomic E-state index is 12.0. The van der Waals surface area contributed by atoms with Gasteiger partial charge in [-0.1, -0.05) is 6.07 Å². The summed E-state index contributed by atoms with van der Waals surface area (Å²) in [4.78, 5) is 27.6. The normalized spacial score (nSPS) is 10.6. The maximum atomic E-state index is 12.0.